The molecule has 1 fully saturated rings. The number of benzene rings is 1. The Morgan fingerprint density at radius 2 is 2.11 bits per heavy atom. The molecule has 1 aromatic carbocycles. The van der Waals surface area contributed by atoms with E-state index >= 15 is 0 Å². The Balaban J connectivity index is 2.15. The molecule has 2 unspecified atom stereocenters. The molecule has 1 N–H and O–H groups in total. The van der Waals surface area contributed by atoms with Crippen LogP contribution in [-0.4, -0.2) is 27.3 Å². The molecule has 0 bridgehead atoms. The van der Waals surface area contributed by atoms with Gasteiger partial charge in [-0.05, 0) is 61.5 Å². The molecule has 0 aromatic heterocycles. The number of nitrogens with one attached hydrogen (secondary N) is 1. The van der Waals surface area contributed by atoms with Crippen LogP contribution in [0.2, 0.25) is 0 Å². The van der Waals surface area contributed by atoms with E-state index < -0.39 is 0 Å². The summed E-state index contributed by atoms with van der Waals surface area (Å²) < 4.78 is 10.7. The van der Waals surface area contributed by atoms with E-state index in [1.165, 1.54) is 12.0 Å². The average molecular weight is 249 g/mol. The van der Waals surface area contributed by atoms with Crippen molar-refractivity contribution in [3.8, 4) is 11.5 Å². The molecule has 1 aromatic rings. The first kappa shape index (κ1) is 13.2. The van der Waals surface area contributed by atoms with E-state index in [4.69, 9.17) is 9.47 Å². The lowest BCUT2D eigenvalue weighted by atomic mass is 9.83. The zero-order valence-corrected chi connectivity index (χ0v) is 11.5. The first-order chi connectivity index (χ1) is 8.74. The monoisotopic (exact) mass is 249 g/mol. The lowest BCUT2D eigenvalue weighted by Crippen LogP contribution is -2.36. The minimum absolute atomic E-state index is 0.680. The van der Waals surface area contributed by atoms with Gasteiger partial charge in [-0.3, -0.25) is 0 Å². The van der Waals surface area contributed by atoms with Gasteiger partial charge in [0.1, 0.15) is 11.5 Å². The third-order valence-electron chi connectivity index (χ3n) is 3.96. The van der Waals surface area contributed by atoms with Crippen molar-refractivity contribution >= 4 is 0 Å². The van der Waals surface area contributed by atoms with Gasteiger partial charge < -0.3 is 14.8 Å². The molecule has 0 spiro atoms. The summed E-state index contributed by atoms with van der Waals surface area (Å²) in [7, 11) is 3.43. The zero-order chi connectivity index (χ0) is 13.0. The van der Waals surface area contributed by atoms with Crippen LogP contribution in [0.5, 0.6) is 11.5 Å². The van der Waals surface area contributed by atoms with Crippen molar-refractivity contribution in [3.63, 3.8) is 0 Å². The molecule has 100 valence electrons. The molecule has 1 heterocycles. The summed E-state index contributed by atoms with van der Waals surface area (Å²) in [6.07, 6.45) is 2.31. The Kier molecular flexibility index (Phi) is 4.48. The number of methoxy groups -OCH3 is 2. The summed E-state index contributed by atoms with van der Waals surface area (Å²) in [6.45, 7) is 4.59. The van der Waals surface area contributed by atoms with Gasteiger partial charge in [0.15, 0.2) is 0 Å². The predicted molar refractivity (Wildman–Crippen MR) is 73.4 cm³/mol. The van der Waals surface area contributed by atoms with Crippen molar-refractivity contribution in [1.82, 2.24) is 5.32 Å². The van der Waals surface area contributed by atoms with Crippen LogP contribution in [-0.2, 0) is 6.42 Å². The summed E-state index contributed by atoms with van der Waals surface area (Å²) in [4.78, 5) is 0. The van der Waals surface area contributed by atoms with E-state index in [1.807, 2.05) is 12.1 Å². The summed E-state index contributed by atoms with van der Waals surface area (Å²) in [5, 5.41) is 3.48. The Labute approximate surface area is 109 Å². The highest BCUT2D eigenvalue weighted by Gasteiger charge is 2.22. The number of hydrogen-bond donors (Lipinski definition) is 1. The molecule has 3 heteroatoms. The normalized spacial score (nSPS) is 23.7. The van der Waals surface area contributed by atoms with Gasteiger partial charge >= 0.3 is 0 Å². The molecule has 2 rings (SSSR count). The molecule has 0 amide bonds. The first-order valence-electron chi connectivity index (χ1n) is 6.66. The van der Waals surface area contributed by atoms with Crippen molar-refractivity contribution in [2.24, 2.45) is 11.8 Å². The summed E-state index contributed by atoms with van der Waals surface area (Å²) in [6, 6.07) is 6.04. The number of rotatable bonds is 4. The topological polar surface area (TPSA) is 30.5 Å². The molecule has 2 atom stereocenters. The van der Waals surface area contributed by atoms with Crippen LogP contribution >= 0.6 is 0 Å². The molecule has 1 saturated heterocycles. The third-order valence-corrected chi connectivity index (χ3v) is 3.96. The molecule has 18 heavy (non-hydrogen) atoms. The van der Waals surface area contributed by atoms with Gasteiger partial charge in [-0.25, -0.2) is 0 Å². The van der Waals surface area contributed by atoms with Gasteiger partial charge in [0.2, 0.25) is 0 Å². The second-order valence-corrected chi connectivity index (χ2v) is 5.11. The van der Waals surface area contributed by atoms with Crippen LogP contribution < -0.4 is 14.8 Å². The van der Waals surface area contributed by atoms with Crippen molar-refractivity contribution < 1.29 is 9.47 Å². The third kappa shape index (κ3) is 2.96. The highest BCUT2D eigenvalue weighted by molar-refractivity contribution is 5.40. The average Bonchev–Trinajstić information content (AvgIpc) is 2.41. The van der Waals surface area contributed by atoms with E-state index in [-0.39, 0.29) is 0 Å². The highest BCUT2D eigenvalue weighted by Crippen LogP contribution is 2.30. The van der Waals surface area contributed by atoms with Crippen molar-refractivity contribution in [2.45, 2.75) is 19.8 Å². The second-order valence-electron chi connectivity index (χ2n) is 5.11. The van der Waals surface area contributed by atoms with Gasteiger partial charge in [-0.1, -0.05) is 6.92 Å². The quantitative estimate of drug-likeness (QED) is 0.889. The minimum atomic E-state index is 0.680. The fourth-order valence-corrected chi connectivity index (χ4v) is 2.65. The summed E-state index contributed by atoms with van der Waals surface area (Å²) >= 11 is 0. The Hall–Kier alpha value is -1.22. The fraction of sp³-hybridized carbons (Fsp3) is 0.600. The highest BCUT2D eigenvalue weighted by atomic mass is 16.5. The van der Waals surface area contributed by atoms with E-state index in [0.29, 0.717) is 5.92 Å². The van der Waals surface area contributed by atoms with Crippen LogP contribution in [0.25, 0.3) is 0 Å². The Morgan fingerprint density at radius 1 is 1.28 bits per heavy atom. The van der Waals surface area contributed by atoms with Crippen molar-refractivity contribution in [2.75, 3.05) is 27.3 Å². The van der Waals surface area contributed by atoms with Crippen LogP contribution in [0.15, 0.2) is 18.2 Å². The summed E-state index contributed by atoms with van der Waals surface area (Å²) in [5.74, 6) is 3.32. The van der Waals surface area contributed by atoms with E-state index in [9.17, 15) is 0 Å². The standard InChI is InChI=1S/C15H23NO2/c1-11-6-7-16-10-13(11)8-12-9-14(17-2)4-5-15(12)18-3/h4-5,9,11,13,16H,6-8,10H2,1-3H3. The van der Waals surface area contributed by atoms with Gasteiger partial charge in [0.25, 0.3) is 0 Å². The minimum Gasteiger partial charge on any atom is -0.497 e. The van der Waals surface area contributed by atoms with Gasteiger partial charge in [-0.15, -0.1) is 0 Å². The molecule has 0 aliphatic carbocycles. The van der Waals surface area contributed by atoms with Gasteiger partial charge in [0, 0.05) is 0 Å². The molecule has 3 nitrogen and oxygen atoms in total. The van der Waals surface area contributed by atoms with E-state index in [2.05, 4.69) is 18.3 Å². The number of hydrogen-bond acceptors (Lipinski definition) is 3. The molecular weight excluding hydrogens is 226 g/mol. The summed E-state index contributed by atoms with van der Waals surface area (Å²) in [5.41, 5.74) is 1.25. The predicted octanol–water partition coefficient (Wildman–Crippen LogP) is 2.49. The largest absolute Gasteiger partial charge is 0.497 e. The Bertz CT molecular complexity index is 392. The van der Waals surface area contributed by atoms with E-state index in [1.54, 1.807) is 14.2 Å². The zero-order valence-electron chi connectivity index (χ0n) is 11.5. The van der Waals surface area contributed by atoms with E-state index in [0.717, 1.165) is 36.9 Å². The smallest absolute Gasteiger partial charge is 0.122 e. The van der Waals surface area contributed by atoms with Crippen LogP contribution in [0.3, 0.4) is 0 Å². The number of ether oxygens (including phenoxy) is 2. The van der Waals surface area contributed by atoms with Crippen LogP contribution in [0.1, 0.15) is 18.9 Å². The molecular formula is C15H23NO2. The SMILES string of the molecule is COc1ccc(OC)c(CC2CNCCC2C)c1. The maximum absolute atomic E-state index is 5.45. The van der Waals surface area contributed by atoms with Gasteiger partial charge in [-0.2, -0.15) is 0 Å². The van der Waals surface area contributed by atoms with Crippen LogP contribution in [0, 0.1) is 11.8 Å². The molecule has 1 aliphatic heterocycles. The maximum atomic E-state index is 5.45. The molecule has 0 radical (unpaired) electrons. The molecule has 1 aliphatic rings. The lowest BCUT2D eigenvalue weighted by Gasteiger charge is -2.30. The fourth-order valence-electron chi connectivity index (χ4n) is 2.65. The van der Waals surface area contributed by atoms with Gasteiger partial charge in [0.05, 0.1) is 14.2 Å². The van der Waals surface area contributed by atoms with Crippen LogP contribution in [0.4, 0.5) is 0 Å². The number of piperidine rings is 1. The first-order valence-corrected chi connectivity index (χ1v) is 6.66. The van der Waals surface area contributed by atoms with Crippen molar-refractivity contribution in [3.05, 3.63) is 23.8 Å². The second kappa shape index (κ2) is 6.10. The lowest BCUT2D eigenvalue weighted by molar-refractivity contribution is 0.270. The van der Waals surface area contributed by atoms with Crippen molar-refractivity contribution in [1.29, 1.82) is 0 Å². The molecule has 0 saturated carbocycles. The Morgan fingerprint density at radius 3 is 2.78 bits per heavy atom. The maximum Gasteiger partial charge on any atom is 0.122 e.